The lowest BCUT2D eigenvalue weighted by Gasteiger charge is -2.38. The summed E-state index contributed by atoms with van der Waals surface area (Å²) in [6.45, 7) is 7.41. The molecule has 22 heavy (non-hydrogen) atoms. The Kier molecular flexibility index (Phi) is 6.57. The Morgan fingerprint density at radius 2 is 1.36 bits per heavy atom. The van der Waals surface area contributed by atoms with Gasteiger partial charge >= 0.3 is 18.0 Å². The molecule has 0 amide bonds. The first kappa shape index (κ1) is 21.3. The van der Waals surface area contributed by atoms with Crippen LogP contribution in [0.1, 0.15) is 26.7 Å². The monoisotopic (exact) mass is 354 g/mol. The molecule has 0 aromatic heterocycles. The fourth-order valence-corrected chi connectivity index (χ4v) is 2.98. The zero-order valence-electron chi connectivity index (χ0n) is 13.1. The highest BCUT2D eigenvalue weighted by atomic mass is 28.4. The van der Waals surface area contributed by atoms with E-state index in [0.29, 0.717) is 0 Å². The number of rotatable bonds is 6. The van der Waals surface area contributed by atoms with Crippen molar-refractivity contribution >= 4 is 8.32 Å². The van der Waals surface area contributed by atoms with Crippen molar-refractivity contribution in [3.63, 3.8) is 0 Å². The van der Waals surface area contributed by atoms with Crippen molar-refractivity contribution in [2.45, 2.75) is 64.4 Å². The molecular formula is C13H21F7OSi. The summed E-state index contributed by atoms with van der Waals surface area (Å²) in [5.74, 6) is -3.03. The number of hydrogen-bond acceptors (Lipinski definition) is 1. The minimum atomic E-state index is -6.08. The largest absolute Gasteiger partial charge is 0.547 e. The van der Waals surface area contributed by atoms with Crippen LogP contribution >= 0.6 is 0 Å². The van der Waals surface area contributed by atoms with Crippen LogP contribution in [0, 0.1) is 5.92 Å². The van der Waals surface area contributed by atoms with Gasteiger partial charge in [0.05, 0.1) is 11.7 Å². The van der Waals surface area contributed by atoms with Crippen molar-refractivity contribution in [2.75, 3.05) is 0 Å². The summed E-state index contributed by atoms with van der Waals surface area (Å²) >= 11 is 0. The van der Waals surface area contributed by atoms with E-state index in [1.54, 1.807) is 19.6 Å². The third kappa shape index (κ3) is 4.63. The molecule has 0 aromatic carbocycles. The van der Waals surface area contributed by atoms with Crippen LogP contribution in [0.3, 0.4) is 0 Å². The Hall–Kier alpha value is -0.733. The topological polar surface area (TPSA) is 9.23 Å². The molecule has 0 bridgehead atoms. The van der Waals surface area contributed by atoms with Gasteiger partial charge in [-0.25, -0.2) is 4.39 Å². The molecule has 1 unspecified atom stereocenters. The van der Waals surface area contributed by atoms with Gasteiger partial charge < -0.3 is 4.43 Å². The summed E-state index contributed by atoms with van der Waals surface area (Å²) in [4.78, 5) is 0. The second kappa shape index (κ2) is 6.80. The quantitative estimate of drug-likeness (QED) is 0.323. The molecule has 0 radical (unpaired) electrons. The Labute approximate surface area is 126 Å². The molecule has 0 aliphatic carbocycles. The zero-order chi connectivity index (χ0) is 18.0. The maximum atomic E-state index is 14.3. The number of allylic oxidation sites excluding steroid dienone is 2. The Morgan fingerprint density at radius 1 is 0.955 bits per heavy atom. The van der Waals surface area contributed by atoms with Crippen LogP contribution in [0.25, 0.3) is 0 Å². The van der Waals surface area contributed by atoms with E-state index in [-0.39, 0.29) is 6.42 Å². The van der Waals surface area contributed by atoms with Gasteiger partial charge in [0.1, 0.15) is 0 Å². The summed E-state index contributed by atoms with van der Waals surface area (Å²) in [7, 11) is -2.50. The number of alkyl halides is 7. The van der Waals surface area contributed by atoms with Gasteiger partial charge in [0, 0.05) is 0 Å². The highest BCUT2D eigenvalue weighted by molar-refractivity contribution is 6.70. The average Bonchev–Trinajstić information content (AvgIpc) is 2.24. The van der Waals surface area contributed by atoms with Gasteiger partial charge in [-0.1, -0.05) is 13.8 Å². The number of hydrogen-bond donors (Lipinski definition) is 0. The highest BCUT2D eigenvalue weighted by Crippen LogP contribution is 2.54. The Morgan fingerprint density at radius 3 is 1.59 bits per heavy atom. The molecule has 9 heteroatoms. The molecule has 0 aliphatic heterocycles. The van der Waals surface area contributed by atoms with Crippen LogP contribution in [0.15, 0.2) is 11.8 Å². The summed E-state index contributed by atoms with van der Waals surface area (Å²) < 4.78 is 97.0. The van der Waals surface area contributed by atoms with Gasteiger partial charge in [-0.05, 0) is 38.6 Å². The zero-order valence-corrected chi connectivity index (χ0v) is 14.1. The lowest BCUT2D eigenvalue weighted by molar-refractivity contribution is -0.356. The summed E-state index contributed by atoms with van der Waals surface area (Å²) in [5.41, 5.74) is -5.34. The lowest BCUT2D eigenvalue weighted by Crippen LogP contribution is -2.59. The molecule has 1 nitrogen and oxygen atoms in total. The van der Waals surface area contributed by atoms with Crippen molar-refractivity contribution in [2.24, 2.45) is 5.92 Å². The first-order valence-electron chi connectivity index (χ1n) is 6.83. The standard InChI is InChI=1S/C13H21F7OSi/c1-6-8-10(21-22(3,4)5)9(7-2)11(14,12(15,16)17)13(18,19)20/h8-9H,6-7H2,1-5H3/b10-8+. The maximum absolute atomic E-state index is 14.3. The highest BCUT2D eigenvalue weighted by Gasteiger charge is 2.76. The normalized spacial score (nSPS) is 16.6. The molecule has 0 saturated carbocycles. The summed E-state index contributed by atoms with van der Waals surface area (Å²) in [5, 5.41) is 0. The first-order valence-corrected chi connectivity index (χ1v) is 10.2. The average molecular weight is 354 g/mol. The Bertz CT molecular complexity index is 379. The maximum Gasteiger partial charge on any atom is 0.432 e. The van der Waals surface area contributed by atoms with Gasteiger partial charge in [-0.15, -0.1) is 0 Å². The van der Waals surface area contributed by atoms with E-state index in [1.165, 1.54) is 6.92 Å². The van der Waals surface area contributed by atoms with E-state index in [9.17, 15) is 30.7 Å². The van der Waals surface area contributed by atoms with E-state index in [2.05, 4.69) is 0 Å². The minimum Gasteiger partial charge on any atom is -0.547 e. The molecule has 0 fully saturated rings. The SMILES string of the molecule is CC/C=C(/O[Si](C)(C)C)C(CC)C(F)(C(F)(F)F)C(F)(F)F. The first-order chi connectivity index (χ1) is 9.61. The van der Waals surface area contributed by atoms with E-state index in [0.717, 1.165) is 13.0 Å². The van der Waals surface area contributed by atoms with Gasteiger partial charge in [0.15, 0.2) is 0 Å². The van der Waals surface area contributed by atoms with Crippen LogP contribution < -0.4 is 0 Å². The smallest absolute Gasteiger partial charge is 0.432 e. The summed E-state index contributed by atoms with van der Waals surface area (Å²) in [6.07, 6.45) is -11.6. The Balaban J connectivity index is 6.10. The van der Waals surface area contributed by atoms with Gasteiger partial charge in [-0.2, -0.15) is 26.3 Å². The molecule has 132 valence electrons. The predicted octanol–water partition coefficient (Wildman–Crippen LogP) is 5.99. The van der Waals surface area contributed by atoms with E-state index in [4.69, 9.17) is 4.43 Å². The van der Waals surface area contributed by atoms with Crippen LogP contribution in [0.2, 0.25) is 19.6 Å². The molecule has 0 heterocycles. The molecular weight excluding hydrogens is 333 g/mol. The van der Waals surface area contributed by atoms with Gasteiger partial charge in [-0.3, -0.25) is 0 Å². The third-order valence-corrected chi connectivity index (χ3v) is 3.73. The molecule has 0 aliphatic rings. The molecule has 1 atom stereocenters. The van der Waals surface area contributed by atoms with E-state index < -0.39 is 44.4 Å². The van der Waals surface area contributed by atoms with E-state index in [1.807, 2.05) is 0 Å². The van der Waals surface area contributed by atoms with Crippen molar-refractivity contribution in [3.05, 3.63) is 11.8 Å². The van der Waals surface area contributed by atoms with Crippen molar-refractivity contribution in [1.82, 2.24) is 0 Å². The van der Waals surface area contributed by atoms with Crippen molar-refractivity contribution in [3.8, 4) is 0 Å². The predicted molar refractivity (Wildman–Crippen MR) is 72.5 cm³/mol. The lowest BCUT2D eigenvalue weighted by atomic mass is 9.83. The van der Waals surface area contributed by atoms with Crippen LogP contribution in [0.4, 0.5) is 30.7 Å². The van der Waals surface area contributed by atoms with Gasteiger partial charge in [0.2, 0.25) is 8.32 Å². The van der Waals surface area contributed by atoms with Crippen molar-refractivity contribution < 1.29 is 35.2 Å². The molecule has 0 aromatic rings. The van der Waals surface area contributed by atoms with E-state index >= 15 is 0 Å². The van der Waals surface area contributed by atoms with Gasteiger partial charge in [0.25, 0.3) is 0 Å². The molecule has 0 saturated heterocycles. The van der Waals surface area contributed by atoms with Crippen LogP contribution in [-0.2, 0) is 4.43 Å². The second-order valence-electron chi connectivity index (χ2n) is 5.90. The second-order valence-corrected chi connectivity index (χ2v) is 10.3. The van der Waals surface area contributed by atoms with Crippen molar-refractivity contribution in [1.29, 1.82) is 0 Å². The molecule has 0 N–H and O–H groups in total. The fraction of sp³-hybridized carbons (Fsp3) is 0.846. The molecule has 0 spiro atoms. The third-order valence-electron chi connectivity index (χ3n) is 2.89. The number of halogens is 7. The van der Waals surface area contributed by atoms with Crippen LogP contribution in [0.5, 0.6) is 0 Å². The fourth-order valence-electron chi connectivity index (χ4n) is 2.04. The van der Waals surface area contributed by atoms with Crippen LogP contribution in [-0.4, -0.2) is 26.3 Å². The molecule has 0 rings (SSSR count). The summed E-state index contributed by atoms with van der Waals surface area (Å²) in [6, 6.07) is 0. The minimum absolute atomic E-state index is 0.141.